The van der Waals surface area contributed by atoms with Gasteiger partial charge in [0.1, 0.15) is 44.0 Å². The Morgan fingerprint density at radius 1 is 0.765 bits per heavy atom. The number of hydrogen-bond donors (Lipinski definition) is 3. The van der Waals surface area contributed by atoms with Gasteiger partial charge in [-0.25, -0.2) is 9.59 Å². The molecule has 19 heteroatoms. The lowest BCUT2D eigenvalue weighted by atomic mass is 9.70. The Balaban J connectivity index is 0.000000428. The van der Waals surface area contributed by atoms with E-state index in [0.717, 1.165) is 44.9 Å². The monoisotopic (exact) mass is 1250 g/mol. The molecule has 0 amide bonds. The van der Waals surface area contributed by atoms with Gasteiger partial charge in [0.05, 0.1) is 33.7 Å². The van der Waals surface area contributed by atoms with Crippen LogP contribution in [-0.4, -0.2) is 123 Å². The number of halogens is 3. The highest BCUT2D eigenvalue weighted by Gasteiger charge is 2.42. The summed E-state index contributed by atoms with van der Waals surface area (Å²) in [6.07, 6.45) is 20.4. The number of aliphatic hydroxyl groups is 2. The van der Waals surface area contributed by atoms with E-state index in [1.54, 1.807) is 6.92 Å². The van der Waals surface area contributed by atoms with E-state index in [1.807, 2.05) is 6.92 Å². The van der Waals surface area contributed by atoms with E-state index < -0.39 is 56.2 Å². The molecule has 0 spiro atoms. The van der Waals surface area contributed by atoms with E-state index in [2.05, 4.69) is 120 Å². The smallest absolute Gasteiger partial charge is 0.465 e. The fourth-order valence-corrected chi connectivity index (χ4v) is 9.89. The van der Waals surface area contributed by atoms with Crippen LogP contribution in [0.4, 0.5) is 9.59 Å². The number of aryl methyl sites for hydroxylation is 2. The molecule has 0 aromatic heterocycles. The number of alkyl halides is 3. The molecule has 2 radical (unpaired) electrons. The third kappa shape index (κ3) is 21.7. The number of unbranched alkanes of at least 4 members (excludes halogenated alkanes) is 2. The van der Waals surface area contributed by atoms with Crippen molar-refractivity contribution in [2.45, 2.75) is 120 Å². The molecule has 0 bridgehead atoms. The first-order valence-corrected chi connectivity index (χ1v) is 30.1. The van der Waals surface area contributed by atoms with E-state index in [-0.39, 0.29) is 74.3 Å². The SMILES string of the molecule is C.C.C.CC(CO)(COC(=O)OCCCCc1ccc2c3c1C=CC1=CC=CC(=CC2)C13)C(=O)OCCCCl.CC1(C(=O)OCCCCl)COC(=O)OC1.OCCCCc1ccc2ccc3cccc4ccc1c2c34.[3H]C(Cl)C(=O)CCC.[B]PO. The fraction of sp³-hybridized carbons (Fsp3) is 0.470. The number of hydrogen-bond acceptors (Lipinski definition) is 14. The third-order valence-corrected chi connectivity index (χ3v) is 14.8. The van der Waals surface area contributed by atoms with Crippen LogP contribution in [0.5, 0.6) is 0 Å². The zero-order valence-electron chi connectivity index (χ0n) is 47.9. The average Bonchev–Trinajstić information content (AvgIpc) is 0.983. The molecule has 1 aliphatic heterocycles. The van der Waals surface area contributed by atoms with Crippen molar-refractivity contribution in [1.29, 1.82) is 0 Å². The standard InChI is InChI=1S/C29H33ClO6.C20H18O.C9H13ClO5.C5H9ClO.3CH4.BH2OP/c1-29(18-31,27(32)34-17-5-15-30)19-36-28(33)35-16-3-2-6-20-9-10-23-12-11-21-7-4-8-22-13-14-24(20)26(23)25(21)22;21-13-2-1-4-14-7-8-17-10-9-15-5-3-6-16-11-12-18(14)20(17)19(15)16;1-9(5-14-8(12)15-6-9)7(11)13-4-2-3-10;1-2-3-5(7)4-6;;;;1-3-2/h4,7-11,13-14,25,31H,2-3,5-6,12,15-19H2,1H3;3,5-12,21H,1-2,4,13H2;2-6H2,1H3;2-4H2,1H3;3*1H4;2-3H/i;;;4T;;;;. The lowest BCUT2D eigenvalue weighted by Crippen LogP contribution is -2.44. The van der Waals surface area contributed by atoms with Crippen molar-refractivity contribution in [3.63, 3.8) is 0 Å². The minimum absolute atomic E-state index is 0. The number of rotatable bonds is 23. The van der Waals surface area contributed by atoms with E-state index in [0.29, 0.717) is 43.4 Å². The van der Waals surface area contributed by atoms with Gasteiger partial charge in [0.2, 0.25) is 0 Å². The fourth-order valence-electron chi connectivity index (χ4n) is 9.56. The lowest BCUT2D eigenvalue weighted by Gasteiger charge is -2.34. The van der Waals surface area contributed by atoms with Gasteiger partial charge in [-0.05, 0) is 158 Å². The normalized spacial score (nSPS) is 15.7. The topological polar surface area (TPSA) is 201 Å². The second-order valence-electron chi connectivity index (χ2n) is 20.4. The Kier molecular flexibility index (Phi) is 34.1. The first kappa shape index (κ1) is 73.7. The number of ether oxygens (including phenoxy) is 6. The molecule has 464 valence electrons. The van der Waals surface area contributed by atoms with Crippen LogP contribution in [0.15, 0.2) is 108 Å². The van der Waals surface area contributed by atoms with Crippen molar-refractivity contribution in [1.82, 2.24) is 0 Å². The van der Waals surface area contributed by atoms with Crippen molar-refractivity contribution in [2.24, 2.45) is 10.8 Å². The van der Waals surface area contributed by atoms with Gasteiger partial charge in [-0.2, -0.15) is 0 Å². The maximum atomic E-state index is 12.2. The van der Waals surface area contributed by atoms with Gasteiger partial charge in [-0.15, -0.1) is 34.8 Å². The van der Waals surface area contributed by atoms with Crippen molar-refractivity contribution in [3.8, 4) is 0 Å². The number of ketones is 1. The summed E-state index contributed by atoms with van der Waals surface area (Å²) in [5.74, 6) is -1.15. The van der Waals surface area contributed by atoms with Crippen LogP contribution in [0.2, 0.25) is 0 Å². The summed E-state index contributed by atoms with van der Waals surface area (Å²) in [6, 6.07) is 24.4. The zero-order chi connectivity index (χ0) is 60.4. The Morgan fingerprint density at radius 3 is 1.99 bits per heavy atom. The highest BCUT2D eigenvalue weighted by atomic mass is 35.5. The molecule has 3 aliphatic carbocycles. The zero-order valence-corrected chi connectivity index (χ0v) is 50.1. The molecule has 1 fully saturated rings. The molecule has 14 nitrogen and oxygen atoms in total. The maximum absolute atomic E-state index is 12.2. The average molecular weight is 1250 g/mol. The number of Topliss-reactive ketones (excluding diaryl/α,β-unsaturated/α-hetero) is 1. The van der Waals surface area contributed by atoms with Gasteiger partial charge < -0.3 is 43.5 Å². The minimum Gasteiger partial charge on any atom is -0.465 e. The van der Waals surface area contributed by atoms with Gasteiger partial charge in [0.25, 0.3) is 0 Å². The second-order valence-corrected chi connectivity index (χ2v) is 21.7. The number of cyclic esters (lactones) is 2. The Bertz CT molecular complexity index is 3050. The van der Waals surface area contributed by atoms with E-state index in [4.69, 9.17) is 65.1 Å². The lowest BCUT2D eigenvalue weighted by molar-refractivity contribution is -0.166. The van der Waals surface area contributed by atoms with Crippen molar-refractivity contribution in [3.05, 3.63) is 136 Å². The summed E-state index contributed by atoms with van der Waals surface area (Å²) in [6.45, 7) is 5.06. The number of carbonyl (C=O) groups excluding carboxylic acids is 5. The molecule has 0 saturated carbocycles. The van der Waals surface area contributed by atoms with Crippen LogP contribution in [0, 0.1) is 10.8 Å². The van der Waals surface area contributed by atoms with Gasteiger partial charge >= 0.3 is 24.2 Å². The Morgan fingerprint density at radius 2 is 1.36 bits per heavy atom. The van der Waals surface area contributed by atoms with Crippen molar-refractivity contribution in [2.75, 3.05) is 70.5 Å². The molecule has 5 aromatic rings. The van der Waals surface area contributed by atoms with Crippen LogP contribution in [0.25, 0.3) is 38.4 Å². The predicted molar refractivity (Wildman–Crippen MR) is 348 cm³/mol. The molecule has 4 atom stereocenters. The summed E-state index contributed by atoms with van der Waals surface area (Å²) in [5.41, 5.74) is 7.37. The Labute approximate surface area is 522 Å². The van der Waals surface area contributed by atoms with Gasteiger partial charge in [-0.1, -0.05) is 132 Å². The Hall–Kier alpha value is -5.51. The summed E-state index contributed by atoms with van der Waals surface area (Å²) >= 11 is 16.1. The van der Waals surface area contributed by atoms with Crippen molar-refractivity contribution < 1.29 is 68.9 Å². The number of allylic oxidation sites excluding steroid dienone is 7. The summed E-state index contributed by atoms with van der Waals surface area (Å²) < 4.78 is 36.3. The molecule has 85 heavy (non-hydrogen) atoms. The summed E-state index contributed by atoms with van der Waals surface area (Å²) in [7, 11) is 4.01. The van der Waals surface area contributed by atoms with E-state index >= 15 is 0 Å². The number of esters is 2. The molecule has 3 N–H and O–H groups in total. The molecule has 1 heterocycles. The first-order valence-electron chi connectivity index (χ1n) is 28.1. The number of benzene rings is 5. The van der Waals surface area contributed by atoms with E-state index in [1.165, 1.54) is 78.2 Å². The quantitative estimate of drug-likeness (QED) is 0.0106. The molecule has 4 aliphatic rings. The molecule has 9 rings (SSSR count). The van der Waals surface area contributed by atoms with Crippen LogP contribution >= 0.6 is 43.5 Å². The highest BCUT2D eigenvalue weighted by Crippen LogP contribution is 2.47. The highest BCUT2D eigenvalue weighted by molar-refractivity contribution is 7.61. The predicted octanol–water partition coefficient (Wildman–Crippen LogP) is 14.8. The van der Waals surface area contributed by atoms with Gasteiger partial charge in [-0.3, -0.25) is 14.4 Å². The van der Waals surface area contributed by atoms with E-state index in [9.17, 15) is 29.1 Å². The first-order chi connectivity index (χ1) is 40.0. The minimum atomic E-state index is -1.34. The molecule has 5 aromatic carbocycles. The van der Waals surface area contributed by atoms with Crippen LogP contribution in [-0.2, 0) is 62.1 Å². The number of carbonyl (C=O) groups is 5. The summed E-state index contributed by atoms with van der Waals surface area (Å²) in [4.78, 5) is 64.2. The molecular formula is C66H87BCl3O14P. The van der Waals surface area contributed by atoms with Crippen LogP contribution in [0.3, 0.4) is 0 Å². The van der Waals surface area contributed by atoms with Gasteiger partial charge in [0, 0.05) is 30.7 Å². The molecular weight excluding hydrogens is 1160 g/mol. The summed E-state index contributed by atoms with van der Waals surface area (Å²) in [5, 5.41) is 26.7. The van der Waals surface area contributed by atoms with Gasteiger partial charge in [0.15, 0.2) is 0 Å². The second kappa shape index (κ2) is 39.3. The molecule has 1 saturated heterocycles. The molecule has 4 unspecified atom stereocenters. The van der Waals surface area contributed by atoms with Crippen LogP contribution in [0.1, 0.15) is 130 Å². The number of aliphatic hydroxyl groups excluding tert-OH is 2. The maximum Gasteiger partial charge on any atom is 0.508 e. The third-order valence-electron chi connectivity index (χ3n) is 14.0. The van der Waals surface area contributed by atoms with Crippen molar-refractivity contribution >= 4 is 119 Å². The van der Waals surface area contributed by atoms with Crippen LogP contribution < -0.4 is 0 Å². The largest absolute Gasteiger partial charge is 0.508 e.